The third kappa shape index (κ3) is 4.16. The highest BCUT2D eigenvalue weighted by atomic mass is 32.2. The molecule has 0 atom stereocenters. The molecular formula is C25H30N4O3S2. The highest BCUT2D eigenvalue weighted by molar-refractivity contribution is 7.89. The maximum Gasteiger partial charge on any atom is 0.265 e. The van der Waals surface area contributed by atoms with E-state index in [9.17, 15) is 13.2 Å². The molecule has 0 radical (unpaired) electrons. The van der Waals surface area contributed by atoms with Crippen LogP contribution in [0.15, 0.2) is 29.3 Å². The van der Waals surface area contributed by atoms with Crippen molar-refractivity contribution in [1.29, 1.82) is 0 Å². The minimum Gasteiger partial charge on any atom is -0.335 e. The number of thiazole rings is 1. The lowest BCUT2D eigenvalue weighted by molar-refractivity contribution is 0.0701. The number of sulfonamides is 1. The van der Waals surface area contributed by atoms with Crippen molar-refractivity contribution < 1.29 is 13.2 Å². The fourth-order valence-electron chi connectivity index (χ4n) is 4.45. The Labute approximate surface area is 205 Å². The first-order valence-electron chi connectivity index (χ1n) is 11.3. The Kier molecular flexibility index (Phi) is 6.63. The van der Waals surface area contributed by atoms with Gasteiger partial charge < -0.3 is 4.90 Å². The smallest absolute Gasteiger partial charge is 0.265 e. The van der Waals surface area contributed by atoms with Gasteiger partial charge in [0.25, 0.3) is 5.91 Å². The van der Waals surface area contributed by atoms with Crippen molar-refractivity contribution in [2.45, 2.75) is 46.4 Å². The summed E-state index contributed by atoms with van der Waals surface area (Å²) in [7, 11) is -3.66. The molecule has 7 nitrogen and oxygen atoms in total. The summed E-state index contributed by atoms with van der Waals surface area (Å²) >= 11 is 1.33. The third-order valence-electron chi connectivity index (χ3n) is 6.93. The van der Waals surface area contributed by atoms with E-state index in [4.69, 9.17) is 0 Å². The molecule has 1 fully saturated rings. The molecule has 1 aliphatic heterocycles. The van der Waals surface area contributed by atoms with Gasteiger partial charge in [0.2, 0.25) is 10.0 Å². The summed E-state index contributed by atoms with van der Waals surface area (Å²) in [4.78, 5) is 24.8. The number of hydrogen-bond donors (Lipinski definition) is 0. The highest BCUT2D eigenvalue weighted by Crippen LogP contribution is 2.32. The van der Waals surface area contributed by atoms with Crippen molar-refractivity contribution in [3.63, 3.8) is 0 Å². The maximum absolute atomic E-state index is 13.6. The predicted molar refractivity (Wildman–Crippen MR) is 135 cm³/mol. The van der Waals surface area contributed by atoms with E-state index in [1.165, 1.54) is 15.6 Å². The molecule has 1 saturated heterocycles. The van der Waals surface area contributed by atoms with E-state index in [2.05, 4.69) is 9.97 Å². The van der Waals surface area contributed by atoms with E-state index in [1.54, 1.807) is 11.1 Å². The van der Waals surface area contributed by atoms with Gasteiger partial charge in [0, 0.05) is 32.4 Å². The van der Waals surface area contributed by atoms with Gasteiger partial charge in [-0.25, -0.2) is 13.4 Å². The molecule has 3 heterocycles. The van der Waals surface area contributed by atoms with Gasteiger partial charge in [-0.05, 0) is 81.5 Å². The van der Waals surface area contributed by atoms with E-state index >= 15 is 0 Å². The summed E-state index contributed by atoms with van der Waals surface area (Å²) in [6.45, 7) is 12.8. The molecule has 9 heteroatoms. The number of rotatable bonds is 4. The van der Waals surface area contributed by atoms with Crippen LogP contribution in [0.25, 0.3) is 10.7 Å². The third-order valence-corrected chi connectivity index (χ3v) is 10.3. The van der Waals surface area contributed by atoms with E-state index < -0.39 is 10.0 Å². The van der Waals surface area contributed by atoms with Gasteiger partial charge >= 0.3 is 0 Å². The van der Waals surface area contributed by atoms with E-state index in [-0.39, 0.29) is 19.0 Å². The summed E-state index contributed by atoms with van der Waals surface area (Å²) in [6, 6.07) is 5.60. The number of hydrogen-bond acceptors (Lipinski definition) is 6. The lowest BCUT2D eigenvalue weighted by Crippen LogP contribution is -2.50. The van der Waals surface area contributed by atoms with E-state index in [0.29, 0.717) is 33.6 Å². The molecule has 0 N–H and O–H groups in total. The van der Waals surface area contributed by atoms with Gasteiger partial charge in [-0.3, -0.25) is 9.78 Å². The Morgan fingerprint density at radius 2 is 1.47 bits per heavy atom. The van der Waals surface area contributed by atoms with Crippen LogP contribution in [0.4, 0.5) is 0 Å². The molecule has 0 aliphatic carbocycles. The number of aromatic nitrogens is 2. The van der Waals surface area contributed by atoms with Crippen LogP contribution in [0.1, 0.15) is 43.2 Å². The monoisotopic (exact) mass is 498 g/mol. The molecule has 2 aromatic heterocycles. The molecule has 0 saturated carbocycles. The van der Waals surface area contributed by atoms with Gasteiger partial charge in [0.15, 0.2) is 0 Å². The first kappa shape index (κ1) is 24.5. The maximum atomic E-state index is 13.6. The number of aryl methyl sites for hydroxylation is 1. The zero-order valence-corrected chi connectivity index (χ0v) is 22.1. The van der Waals surface area contributed by atoms with Crippen molar-refractivity contribution in [2.75, 3.05) is 26.2 Å². The molecule has 1 aliphatic rings. The minimum absolute atomic E-state index is 0.108. The molecule has 4 rings (SSSR count). The van der Waals surface area contributed by atoms with Crippen molar-refractivity contribution in [3.05, 3.63) is 62.8 Å². The summed E-state index contributed by atoms with van der Waals surface area (Å²) in [6.07, 6.45) is 1.70. The number of carbonyl (C=O) groups excluding carboxylic acids is 1. The Balaban J connectivity index is 1.53. The van der Waals surface area contributed by atoms with Crippen molar-refractivity contribution in [1.82, 2.24) is 19.2 Å². The van der Waals surface area contributed by atoms with Crippen LogP contribution < -0.4 is 0 Å². The van der Waals surface area contributed by atoms with Gasteiger partial charge in [-0.1, -0.05) is 6.07 Å². The van der Waals surface area contributed by atoms with Crippen LogP contribution in [0.3, 0.4) is 0 Å². The number of piperazine rings is 1. The van der Waals surface area contributed by atoms with Gasteiger partial charge in [-0.15, -0.1) is 11.3 Å². The van der Waals surface area contributed by atoms with Crippen LogP contribution in [0.5, 0.6) is 0 Å². The second kappa shape index (κ2) is 9.20. The molecule has 0 spiro atoms. The molecule has 1 amide bonds. The van der Waals surface area contributed by atoms with Crippen molar-refractivity contribution >= 4 is 27.3 Å². The number of pyridine rings is 1. The fraction of sp³-hybridized carbons (Fsp3) is 0.400. The van der Waals surface area contributed by atoms with Gasteiger partial charge in [0.1, 0.15) is 9.88 Å². The normalized spacial score (nSPS) is 15.1. The molecular weight excluding hydrogens is 468 g/mol. The Morgan fingerprint density at radius 3 is 2.03 bits per heavy atom. The second-order valence-electron chi connectivity index (χ2n) is 8.80. The Morgan fingerprint density at radius 1 is 0.882 bits per heavy atom. The van der Waals surface area contributed by atoms with Gasteiger partial charge in [0.05, 0.1) is 16.3 Å². The number of nitrogens with zero attached hydrogens (tertiary/aromatic N) is 4. The topological polar surface area (TPSA) is 83.5 Å². The van der Waals surface area contributed by atoms with E-state index in [1.807, 2.05) is 59.7 Å². The van der Waals surface area contributed by atoms with Crippen LogP contribution in [-0.2, 0) is 10.0 Å². The quantitative estimate of drug-likeness (QED) is 0.538. The summed E-state index contributed by atoms with van der Waals surface area (Å²) in [5, 5.41) is 0.707. The lowest BCUT2D eigenvalue weighted by Gasteiger charge is -2.34. The SMILES string of the molecule is Cc1nc(-c2ccccn2)sc1C(=O)N1CCN(S(=O)(=O)c2c(C)c(C)c(C)c(C)c2C)CC1. The lowest BCUT2D eigenvalue weighted by atomic mass is 9.95. The molecule has 0 bridgehead atoms. The van der Waals surface area contributed by atoms with E-state index in [0.717, 1.165) is 33.5 Å². The molecule has 1 aromatic carbocycles. The standard InChI is InChI=1S/C25H30N4O3S2/c1-15-16(2)18(4)23(19(5)17(15)3)34(31,32)29-13-11-28(12-14-29)25(30)22-20(6)27-24(33-22)21-9-7-8-10-26-21/h7-10H,11-14H2,1-6H3. The van der Waals surface area contributed by atoms with Crippen LogP contribution in [0.2, 0.25) is 0 Å². The molecule has 0 unspecified atom stereocenters. The van der Waals surface area contributed by atoms with Gasteiger partial charge in [-0.2, -0.15) is 4.31 Å². The first-order chi connectivity index (χ1) is 16.0. The van der Waals surface area contributed by atoms with Crippen LogP contribution in [0, 0.1) is 41.5 Å². The average Bonchev–Trinajstić information content (AvgIpc) is 3.23. The molecule has 34 heavy (non-hydrogen) atoms. The molecule has 3 aromatic rings. The summed E-state index contributed by atoms with van der Waals surface area (Å²) in [5.74, 6) is -0.108. The van der Waals surface area contributed by atoms with Crippen molar-refractivity contribution in [2.24, 2.45) is 0 Å². The second-order valence-corrected chi connectivity index (χ2v) is 11.7. The zero-order chi connectivity index (χ0) is 24.8. The van der Waals surface area contributed by atoms with Crippen molar-refractivity contribution in [3.8, 4) is 10.7 Å². The number of carbonyl (C=O) groups is 1. The predicted octanol–water partition coefficient (Wildman–Crippen LogP) is 4.20. The minimum atomic E-state index is -3.66. The Hall–Kier alpha value is -2.62. The molecule has 180 valence electrons. The number of amides is 1. The van der Waals surface area contributed by atoms with Crippen LogP contribution in [-0.4, -0.2) is 59.7 Å². The number of benzene rings is 1. The first-order valence-corrected chi connectivity index (χ1v) is 13.5. The fourth-order valence-corrected chi connectivity index (χ4v) is 7.44. The average molecular weight is 499 g/mol. The summed E-state index contributed by atoms with van der Waals surface area (Å²) < 4.78 is 28.7. The van der Waals surface area contributed by atoms with Crippen LogP contribution >= 0.6 is 11.3 Å². The zero-order valence-electron chi connectivity index (χ0n) is 20.5. The highest BCUT2D eigenvalue weighted by Gasteiger charge is 2.34. The largest absolute Gasteiger partial charge is 0.335 e. The Bertz CT molecular complexity index is 1330. The summed E-state index contributed by atoms with van der Waals surface area (Å²) in [5.41, 5.74) is 6.18.